The molecular weight excluding hydrogens is 448 g/mol. The van der Waals surface area contributed by atoms with Gasteiger partial charge in [0, 0.05) is 6.61 Å². The minimum Gasteiger partial charge on any atom is -0.396 e. The standard InChI is InChI=1S/C32H46O2S/c1-28(2)23(21-17-22(18-33)35-19-21)10-13-29(3)26(28)11-14-31(5)27(29)9-8-24-25-7-6-12-32(25,20-34)16-15-30(24,31)4/h10,17-19,24-27,34H,6-9,11-16,20H2,1-5H3/t24-,25?,26?,27?,29+,30-,31-,32-/m1/s1. The number of aliphatic hydroxyl groups is 1. The quantitative estimate of drug-likeness (QED) is 0.428. The second-order valence-corrected chi connectivity index (χ2v) is 15.5. The van der Waals surface area contributed by atoms with Crippen molar-refractivity contribution in [2.45, 2.75) is 98.8 Å². The molecule has 35 heavy (non-hydrogen) atoms. The van der Waals surface area contributed by atoms with Gasteiger partial charge in [-0.3, -0.25) is 4.79 Å². The molecule has 1 aromatic heterocycles. The maximum atomic E-state index is 11.4. The number of thiophene rings is 1. The molecule has 6 rings (SSSR count). The molecule has 0 radical (unpaired) electrons. The lowest BCUT2D eigenvalue weighted by Crippen LogP contribution is -2.65. The molecule has 192 valence electrons. The summed E-state index contributed by atoms with van der Waals surface area (Å²) in [6, 6.07) is 2.12. The smallest absolute Gasteiger partial charge is 0.160 e. The Morgan fingerprint density at radius 2 is 1.74 bits per heavy atom. The highest BCUT2D eigenvalue weighted by atomic mass is 32.1. The van der Waals surface area contributed by atoms with Crippen molar-refractivity contribution in [2.24, 2.45) is 50.7 Å². The molecule has 5 aliphatic carbocycles. The third-order valence-electron chi connectivity index (χ3n) is 13.5. The largest absolute Gasteiger partial charge is 0.396 e. The summed E-state index contributed by atoms with van der Waals surface area (Å²) >= 11 is 1.58. The van der Waals surface area contributed by atoms with Gasteiger partial charge in [-0.2, -0.15) is 0 Å². The maximum Gasteiger partial charge on any atom is 0.160 e. The van der Waals surface area contributed by atoms with Crippen molar-refractivity contribution in [1.82, 2.24) is 0 Å². The number of hydrogen-bond acceptors (Lipinski definition) is 3. The molecule has 3 unspecified atom stereocenters. The van der Waals surface area contributed by atoms with E-state index in [0.717, 1.165) is 28.9 Å². The Morgan fingerprint density at radius 3 is 2.46 bits per heavy atom. The number of rotatable bonds is 3. The van der Waals surface area contributed by atoms with Gasteiger partial charge in [0.1, 0.15) is 0 Å². The molecule has 4 fully saturated rings. The molecule has 1 aromatic rings. The third kappa shape index (κ3) is 3.01. The Labute approximate surface area is 217 Å². The number of allylic oxidation sites excluding steroid dienone is 2. The first-order valence-electron chi connectivity index (χ1n) is 14.4. The van der Waals surface area contributed by atoms with Crippen molar-refractivity contribution < 1.29 is 9.90 Å². The van der Waals surface area contributed by atoms with Gasteiger partial charge in [0.2, 0.25) is 0 Å². The van der Waals surface area contributed by atoms with Gasteiger partial charge in [-0.05, 0) is 131 Å². The van der Waals surface area contributed by atoms with E-state index in [9.17, 15) is 9.90 Å². The SMILES string of the molecule is CC1(C)C(c2csc(C=O)c2)=CC[C@@]2(C)C1CC[C@]1(C)C2CC[C@@H]2C3CCC[C@]3(CO)CC[C@]21C. The van der Waals surface area contributed by atoms with Gasteiger partial charge in [0.25, 0.3) is 0 Å². The minimum atomic E-state index is 0.122. The lowest BCUT2D eigenvalue weighted by atomic mass is 9.33. The molecule has 1 heterocycles. The van der Waals surface area contributed by atoms with Gasteiger partial charge in [-0.25, -0.2) is 0 Å². The summed E-state index contributed by atoms with van der Waals surface area (Å²) in [5, 5.41) is 12.7. The highest BCUT2D eigenvalue weighted by Gasteiger charge is 2.69. The first kappa shape index (κ1) is 24.4. The van der Waals surface area contributed by atoms with Gasteiger partial charge in [0.15, 0.2) is 6.29 Å². The Bertz CT molecular complexity index is 1050. The molecule has 8 atom stereocenters. The van der Waals surface area contributed by atoms with Crippen LogP contribution in [-0.4, -0.2) is 18.0 Å². The van der Waals surface area contributed by atoms with Crippen LogP contribution in [0.1, 0.15) is 114 Å². The molecule has 0 amide bonds. The van der Waals surface area contributed by atoms with Crippen molar-refractivity contribution in [2.75, 3.05) is 6.61 Å². The third-order valence-corrected chi connectivity index (χ3v) is 14.3. The fourth-order valence-electron chi connectivity index (χ4n) is 11.6. The zero-order valence-electron chi connectivity index (χ0n) is 22.7. The summed E-state index contributed by atoms with van der Waals surface area (Å²) in [5.74, 6) is 2.99. The molecule has 0 aromatic carbocycles. The maximum absolute atomic E-state index is 11.4. The molecule has 0 spiro atoms. The lowest BCUT2D eigenvalue weighted by Gasteiger charge is -2.72. The summed E-state index contributed by atoms with van der Waals surface area (Å²) in [4.78, 5) is 12.2. The second-order valence-electron chi connectivity index (χ2n) is 14.6. The molecule has 0 aliphatic heterocycles. The summed E-state index contributed by atoms with van der Waals surface area (Å²) in [7, 11) is 0. The molecule has 2 nitrogen and oxygen atoms in total. The second kappa shape index (κ2) is 7.79. The van der Waals surface area contributed by atoms with E-state index in [1.54, 1.807) is 11.3 Å². The van der Waals surface area contributed by atoms with Gasteiger partial charge >= 0.3 is 0 Å². The number of aldehydes is 1. The minimum absolute atomic E-state index is 0.122. The number of carbonyl (C=O) groups excluding carboxylic acids is 1. The van der Waals surface area contributed by atoms with Gasteiger partial charge < -0.3 is 5.11 Å². The van der Waals surface area contributed by atoms with E-state index in [2.05, 4.69) is 52.1 Å². The van der Waals surface area contributed by atoms with Crippen molar-refractivity contribution >= 4 is 23.2 Å². The van der Waals surface area contributed by atoms with Crippen molar-refractivity contribution in [3.8, 4) is 0 Å². The van der Waals surface area contributed by atoms with E-state index >= 15 is 0 Å². The van der Waals surface area contributed by atoms with Crippen LogP contribution in [0.2, 0.25) is 0 Å². The summed E-state index contributed by atoms with van der Waals surface area (Å²) in [5.41, 5.74) is 4.24. The number of fused-ring (bicyclic) bond motifs is 7. The van der Waals surface area contributed by atoms with Gasteiger partial charge in [-0.1, -0.05) is 47.1 Å². The lowest BCUT2D eigenvalue weighted by molar-refractivity contribution is -0.225. The van der Waals surface area contributed by atoms with Crippen molar-refractivity contribution in [3.63, 3.8) is 0 Å². The molecule has 1 N–H and O–H groups in total. The van der Waals surface area contributed by atoms with E-state index in [-0.39, 0.29) is 10.8 Å². The van der Waals surface area contributed by atoms with Crippen LogP contribution < -0.4 is 0 Å². The number of carbonyl (C=O) groups is 1. The molecule has 0 saturated heterocycles. The first-order valence-corrected chi connectivity index (χ1v) is 15.3. The van der Waals surface area contributed by atoms with Gasteiger partial charge in [0.05, 0.1) is 4.88 Å². The Balaban J connectivity index is 1.37. The van der Waals surface area contributed by atoms with E-state index in [1.165, 1.54) is 75.3 Å². The summed E-state index contributed by atoms with van der Waals surface area (Å²) < 4.78 is 0. The zero-order valence-corrected chi connectivity index (χ0v) is 23.5. The summed E-state index contributed by atoms with van der Waals surface area (Å²) in [6.45, 7) is 13.4. The predicted molar refractivity (Wildman–Crippen MR) is 145 cm³/mol. The van der Waals surface area contributed by atoms with Crippen LogP contribution in [0.5, 0.6) is 0 Å². The Kier molecular flexibility index (Phi) is 5.43. The molecular formula is C32H46O2S. The number of aliphatic hydroxyl groups excluding tert-OH is 1. The Hall–Kier alpha value is -0.930. The van der Waals surface area contributed by atoms with Crippen LogP contribution in [0.3, 0.4) is 0 Å². The fourth-order valence-corrected chi connectivity index (χ4v) is 12.3. The Morgan fingerprint density at radius 1 is 0.943 bits per heavy atom. The van der Waals surface area contributed by atoms with E-state index < -0.39 is 0 Å². The van der Waals surface area contributed by atoms with Crippen LogP contribution in [0.4, 0.5) is 0 Å². The molecule has 3 heteroatoms. The highest BCUT2D eigenvalue weighted by molar-refractivity contribution is 7.11. The van der Waals surface area contributed by atoms with Crippen LogP contribution in [0.25, 0.3) is 5.57 Å². The highest BCUT2D eigenvalue weighted by Crippen LogP contribution is 2.77. The fraction of sp³-hybridized carbons (Fsp3) is 0.781. The van der Waals surface area contributed by atoms with Gasteiger partial charge in [-0.15, -0.1) is 11.3 Å². The van der Waals surface area contributed by atoms with Crippen LogP contribution in [0, 0.1) is 50.7 Å². The van der Waals surface area contributed by atoms with E-state index in [1.807, 2.05) is 0 Å². The predicted octanol–water partition coefficient (Wildman–Crippen LogP) is 8.40. The monoisotopic (exact) mass is 494 g/mol. The zero-order chi connectivity index (χ0) is 24.9. The van der Waals surface area contributed by atoms with Crippen LogP contribution in [-0.2, 0) is 0 Å². The normalized spacial score (nSPS) is 48.2. The van der Waals surface area contributed by atoms with E-state index in [0.29, 0.717) is 28.8 Å². The average Bonchev–Trinajstić information content (AvgIpc) is 3.46. The van der Waals surface area contributed by atoms with Crippen LogP contribution >= 0.6 is 11.3 Å². The number of hydrogen-bond donors (Lipinski definition) is 1. The molecule has 5 aliphatic rings. The van der Waals surface area contributed by atoms with Crippen molar-refractivity contribution in [1.29, 1.82) is 0 Å². The summed E-state index contributed by atoms with van der Waals surface area (Å²) in [6.07, 6.45) is 16.7. The molecule has 0 bridgehead atoms. The topological polar surface area (TPSA) is 37.3 Å². The average molecular weight is 495 g/mol. The molecule has 4 saturated carbocycles. The van der Waals surface area contributed by atoms with E-state index in [4.69, 9.17) is 0 Å². The first-order chi connectivity index (χ1) is 16.6. The van der Waals surface area contributed by atoms with Crippen LogP contribution in [0.15, 0.2) is 17.5 Å². The van der Waals surface area contributed by atoms with Crippen molar-refractivity contribution in [3.05, 3.63) is 28.0 Å².